The van der Waals surface area contributed by atoms with Gasteiger partial charge in [-0.3, -0.25) is 4.90 Å². The summed E-state index contributed by atoms with van der Waals surface area (Å²) in [4.78, 5) is 17.9. The fourth-order valence-electron chi connectivity index (χ4n) is 3.17. The van der Waals surface area contributed by atoms with Gasteiger partial charge in [0.2, 0.25) is 11.7 Å². The maximum atomic E-state index is 11.2. The molecule has 0 amide bonds. The van der Waals surface area contributed by atoms with Gasteiger partial charge in [0.05, 0.1) is 18.8 Å². The van der Waals surface area contributed by atoms with Crippen molar-refractivity contribution in [2.45, 2.75) is 12.6 Å². The quantitative estimate of drug-likeness (QED) is 0.743. The number of carboxylic acid groups (broad SMARTS) is 1. The predicted octanol–water partition coefficient (Wildman–Crippen LogP) is 3.01. The molecule has 27 heavy (non-hydrogen) atoms. The van der Waals surface area contributed by atoms with Gasteiger partial charge in [0.25, 0.3) is 0 Å². The van der Waals surface area contributed by atoms with Crippen LogP contribution in [0.3, 0.4) is 0 Å². The highest BCUT2D eigenvalue weighted by Crippen LogP contribution is 2.27. The third kappa shape index (κ3) is 3.89. The van der Waals surface area contributed by atoms with Gasteiger partial charge < -0.3 is 14.4 Å². The molecule has 0 radical (unpaired) electrons. The van der Waals surface area contributed by atoms with Crippen LogP contribution in [-0.2, 0) is 11.3 Å². The van der Waals surface area contributed by atoms with E-state index in [1.54, 1.807) is 18.2 Å². The normalized spacial score (nSPS) is 17.7. The molecule has 0 spiro atoms. The molecule has 0 bridgehead atoms. The molecule has 2 heterocycles. The van der Waals surface area contributed by atoms with Crippen LogP contribution in [0.1, 0.15) is 27.9 Å². The van der Waals surface area contributed by atoms with E-state index in [1.807, 2.05) is 36.4 Å². The number of ether oxygens (including phenoxy) is 1. The fourth-order valence-corrected chi connectivity index (χ4v) is 3.17. The van der Waals surface area contributed by atoms with Crippen molar-refractivity contribution < 1.29 is 19.2 Å². The topological polar surface area (TPSA) is 88.7 Å². The largest absolute Gasteiger partial charge is 0.478 e. The average molecular weight is 365 g/mol. The van der Waals surface area contributed by atoms with Crippen molar-refractivity contribution in [3.8, 4) is 11.4 Å². The Hall–Kier alpha value is -3.03. The number of aromatic nitrogens is 2. The summed E-state index contributed by atoms with van der Waals surface area (Å²) in [5.74, 6) is 0.117. The Balaban J connectivity index is 1.55. The van der Waals surface area contributed by atoms with Gasteiger partial charge in [0.15, 0.2) is 0 Å². The first kappa shape index (κ1) is 17.4. The standard InChI is InChI=1S/C20H19N3O4/c24-20(25)16-8-4-5-14(11-16)12-23-9-10-26-13-17(23)19-21-18(22-27-19)15-6-2-1-3-7-15/h1-8,11,17H,9-10,12-13H2,(H,24,25). The number of carboxylic acids is 1. The Kier molecular flexibility index (Phi) is 4.95. The van der Waals surface area contributed by atoms with E-state index in [9.17, 15) is 9.90 Å². The molecule has 1 aliphatic rings. The summed E-state index contributed by atoms with van der Waals surface area (Å²) in [6.45, 7) is 2.34. The van der Waals surface area contributed by atoms with Crippen LogP contribution in [0.4, 0.5) is 0 Å². The van der Waals surface area contributed by atoms with E-state index in [4.69, 9.17) is 9.26 Å². The van der Waals surface area contributed by atoms with Crippen molar-refractivity contribution in [2.75, 3.05) is 19.8 Å². The van der Waals surface area contributed by atoms with Crippen LogP contribution in [0, 0.1) is 0 Å². The molecule has 1 N–H and O–H groups in total. The molecule has 1 fully saturated rings. The Bertz CT molecular complexity index is 926. The van der Waals surface area contributed by atoms with E-state index >= 15 is 0 Å². The Labute approximate surface area is 156 Å². The zero-order valence-corrected chi connectivity index (χ0v) is 14.6. The summed E-state index contributed by atoms with van der Waals surface area (Å²) in [7, 11) is 0. The Morgan fingerprint density at radius 3 is 2.85 bits per heavy atom. The molecule has 0 aliphatic carbocycles. The smallest absolute Gasteiger partial charge is 0.335 e. The van der Waals surface area contributed by atoms with Crippen molar-refractivity contribution in [3.63, 3.8) is 0 Å². The van der Waals surface area contributed by atoms with Crippen LogP contribution in [0.5, 0.6) is 0 Å². The molecular formula is C20H19N3O4. The van der Waals surface area contributed by atoms with Gasteiger partial charge in [-0.05, 0) is 17.7 Å². The average Bonchev–Trinajstić information content (AvgIpc) is 3.19. The molecule has 1 aromatic heterocycles. The van der Waals surface area contributed by atoms with Crippen LogP contribution in [0.15, 0.2) is 59.1 Å². The third-order valence-corrected chi connectivity index (χ3v) is 4.56. The van der Waals surface area contributed by atoms with Crippen LogP contribution in [-0.4, -0.2) is 45.9 Å². The summed E-state index contributed by atoms with van der Waals surface area (Å²) >= 11 is 0. The fraction of sp³-hybridized carbons (Fsp3) is 0.250. The Morgan fingerprint density at radius 1 is 1.19 bits per heavy atom. The first-order chi connectivity index (χ1) is 13.2. The lowest BCUT2D eigenvalue weighted by Gasteiger charge is -2.33. The van der Waals surface area contributed by atoms with Crippen LogP contribution >= 0.6 is 0 Å². The summed E-state index contributed by atoms with van der Waals surface area (Å²) in [5, 5.41) is 13.3. The lowest BCUT2D eigenvalue weighted by atomic mass is 10.1. The number of benzene rings is 2. The molecule has 3 aromatic rings. The number of hydrogen-bond donors (Lipinski definition) is 1. The van der Waals surface area contributed by atoms with Crippen molar-refractivity contribution in [1.29, 1.82) is 0 Å². The van der Waals surface area contributed by atoms with E-state index in [1.165, 1.54) is 0 Å². The van der Waals surface area contributed by atoms with E-state index in [2.05, 4.69) is 15.0 Å². The molecule has 138 valence electrons. The lowest BCUT2D eigenvalue weighted by molar-refractivity contribution is -0.0241. The molecule has 7 nitrogen and oxygen atoms in total. The van der Waals surface area contributed by atoms with Gasteiger partial charge in [0.1, 0.15) is 6.04 Å². The van der Waals surface area contributed by atoms with E-state index in [-0.39, 0.29) is 11.6 Å². The molecule has 7 heteroatoms. The van der Waals surface area contributed by atoms with Crippen LogP contribution in [0.25, 0.3) is 11.4 Å². The first-order valence-corrected chi connectivity index (χ1v) is 8.74. The molecule has 0 saturated carbocycles. The lowest BCUT2D eigenvalue weighted by Crippen LogP contribution is -2.39. The highest BCUT2D eigenvalue weighted by Gasteiger charge is 2.29. The van der Waals surface area contributed by atoms with E-state index < -0.39 is 5.97 Å². The second kappa shape index (κ2) is 7.69. The molecule has 4 rings (SSSR count). The molecule has 1 aliphatic heterocycles. The van der Waals surface area contributed by atoms with E-state index in [0.717, 1.165) is 11.1 Å². The highest BCUT2D eigenvalue weighted by molar-refractivity contribution is 5.87. The molecule has 1 unspecified atom stereocenters. The first-order valence-electron chi connectivity index (χ1n) is 8.74. The number of rotatable bonds is 5. The van der Waals surface area contributed by atoms with Crippen molar-refractivity contribution in [3.05, 3.63) is 71.6 Å². The molecule has 1 saturated heterocycles. The van der Waals surface area contributed by atoms with Gasteiger partial charge >= 0.3 is 5.97 Å². The van der Waals surface area contributed by atoms with Gasteiger partial charge in [-0.2, -0.15) is 4.98 Å². The van der Waals surface area contributed by atoms with Gasteiger partial charge in [0, 0.05) is 18.7 Å². The second-order valence-electron chi connectivity index (χ2n) is 6.39. The molecule has 2 aromatic carbocycles. The summed E-state index contributed by atoms with van der Waals surface area (Å²) in [5.41, 5.74) is 2.09. The maximum absolute atomic E-state index is 11.2. The van der Waals surface area contributed by atoms with Crippen LogP contribution < -0.4 is 0 Å². The van der Waals surface area contributed by atoms with Crippen molar-refractivity contribution in [2.24, 2.45) is 0 Å². The zero-order valence-electron chi connectivity index (χ0n) is 14.6. The van der Waals surface area contributed by atoms with Crippen molar-refractivity contribution in [1.82, 2.24) is 15.0 Å². The number of hydrogen-bond acceptors (Lipinski definition) is 6. The minimum atomic E-state index is -0.931. The van der Waals surface area contributed by atoms with Crippen molar-refractivity contribution >= 4 is 5.97 Å². The third-order valence-electron chi connectivity index (χ3n) is 4.56. The minimum absolute atomic E-state index is 0.169. The van der Waals surface area contributed by atoms with E-state index in [0.29, 0.717) is 38.0 Å². The van der Waals surface area contributed by atoms with Crippen LogP contribution in [0.2, 0.25) is 0 Å². The number of carbonyl (C=O) groups is 1. The molecule has 1 atom stereocenters. The summed E-state index contributed by atoms with van der Waals surface area (Å²) in [6.07, 6.45) is 0. The van der Waals surface area contributed by atoms with Gasteiger partial charge in [-0.1, -0.05) is 47.6 Å². The predicted molar refractivity (Wildman–Crippen MR) is 97.1 cm³/mol. The highest BCUT2D eigenvalue weighted by atomic mass is 16.5. The number of morpholine rings is 1. The number of nitrogens with zero attached hydrogens (tertiary/aromatic N) is 3. The summed E-state index contributed by atoms with van der Waals surface area (Å²) < 4.78 is 11.1. The molecular weight excluding hydrogens is 346 g/mol. The summed E-state index contributed by atoms with van der Waals surface area (Å²) in [6, 6.07) is 16.4. The van der Waals surface area contributed by atoms with Gasteiger partial charge in [-0.25, -0.2) is 4.79 Å². The number of aromatic carboxylic acids is 1. The monoisotopic (exact) mass is 365 g/mol. The Morgan fingerprint density at radius 2 is 2.04 bits per heavy atom. The SMILES string of the molecule is O=C(O)c1cccc(CN2CCOCC2c2nc(-c3ccccc3)no2)c1. The van der Waals surface area contributed by atoms with Gasteiger partial charge in [-0.15, -0.1) is 0 Å². The minimum Gasteiger partial charge on any atom is -0.478 e. The zero-order chi connectivity index (χ0) is 18.6. The maximum Gasteiger partial charge on any atom is 0.335 e. The second-order valence-corrected chi connectivity index (χ2v) is 6.39.